The fourth-order valence-corrected chi connectivity index (χ4v) is 2.02. The van der Waals surface area contributed by atoms with Crippen LogP contribution in [0.1, 0.15) is 28.2 Å². The van der Waals surface area contributed by atoms with Gasteiger partial charge in [-0.3, -0.25) is 9.78 Å². The molecule has 0 aromatic carbocycles. The van der Waals surface area contributed by atoms with Crippen LogP contribution in [0.2, 0.25) is 5.02 Å². The van der Waals surface area contributed by atoms with Crippen molar-refractivity contribution in [2.45, 2.75) is 20.0 Å². The third kappa shape index (κ3) is 4.88. The molecule has 2 aromatic heterocycles. The molecule has 0 atom stereocenters. The van der Waals surface area contributed by atoms with Crippen LogP contribution in [-0.2, 0) is 11.3 Å². The van der Waals surface area contributed by atoms with Gasteiger partial charge >= 0.3 is 0 Å². The average molecular weight is 309 g/mol. The third-order valence-electron chi connectivity index (χ3n) is 2.81. The summed E-state index contributed by atoms with van der Waals surface area (Å²) >= 11 is 6.01. The van der Waals surface area contributed by atoms with Gasteiger partial charge in [0.15, 0.2) is 0 Å². The van der Waals surface area contributed by atoms with Crippen LogP contribution in [0.5, 0.6) is 0 Å². The maximum Gasteiger partial charge on any atom is 0.254 e. The number of amides is 1. The number of carbonyl (C=O) groups is 1. The summed E-state index contributed by atoms with van der Waals surface area (Å²) < 4.78 is 10.6. The number of hydrogen-bond donors (Lipinski definition) is 1. The first-order chi connectivity index (χ1) is 10.2. The Bertz CT molecular complexity index is 585. The summed E-state index contributed by atoms with van der Waals surface area (Å²) in [5.74, 6) is 0.565. The Morgan fingerprint density at radius 2 is 2.38 bits per heavy atom. The number of hydrogen-bond acceptors (Lipinski definition) is 4. The second-order valence-corrected chi connectivity index (χ2v) is 4.95. The van der Waals surface area contributed by atoms with Crippen molar-refractivity contribution in [3.63, 3.8) is 0 Å². The third-order valence-corrected chi connectivity index (χ3v) is 3.12. The van der Waals surface area contributed by atoms with Gasteiger partial charge in [-0.25, -0.2) is 0 Å². The largest absolute Gasteiger partial charge is 0.467 e. The maximum absolute atomic E-state index is 11.9. The Labute approximate surface area is 128 Å². The van der Waals surface area contributed by atoms with Crippen molar-refractivity contribution in [3.8, 4) is 0 Å². The summed E-state index contributed by atoms with van der Waals surface area (Å²) in [6, 6.07) is 5.34. The molecule has 1 amide bonds. The van der Waals surface area contributed by atoms with Crippen molar-refractivity contribution in [3.05, 3.63) is 52.7 Å². The van der Waals surface area contributed by atoms with Crippen LogP contribution in [0, 0.1) is 6.92 Å². The molecule has 21 heavy (non-hydrogen) atoms. The lowest BCUT2D eigenvalue weighted by atomic mass is 10.2. The fourth-order valence-electron chi connectivity index (χ4n) is 1.73. The predicted octanol–water partition coefficient (Wildman–Crippen LogP) is 2.97. The molecule has 0 bridgehead atoms. The molecule has 0 spiro atoms. The quantitative estimate of drug-likeness (QED) is 0.799. The summed E-state index contributed by atoms with van der Waals surface area (Å²) in [5.41, 5.74) is 1.17. The topological polar surface area (TPSA) is 64.4 Å². The Kier molecular flexibility index (Phi) is 5.78. The molecule has 6 heteroatoms. The molecular weight excluding hydrogens is 292 g/mol. The van der Waals surface area contributed by atoms with Gasteiger partial charge < -0.3 is 14.5 Å². The molecule has 0 aliphatic rings. The van der Waals surface area contributed by atoms with Crippen molar-refractivity contribution in [1.82, 2.24) is 10.3 Å². The van der Waals surface area contributed by atoms with E-state index in [1.165, 1.54) is 6.20 Å². The molecule has 2 heterocycles. The summed E-state index contributed by atoms with van der Waals surface area (Å²) in [4.78, 5) is 16.0. The summed E-state index contributed by atoms with van der Waals surface area (Å²) in [7, 11) is 0. The van der Waals surface area contributed by atoms with E-state index in [0.29, 0.717) is 36.8 Å². The number of nitrogens with zero attached hydrogens (tertiary/aromatic N) is 1. The predicted molar refractivity (Wildman–Crippen MR) is 79.3 cm³/mol. The molecule has 2 rings (SSSR count). The molecule has 0 unspecified atom stereocenters. The van der Waals surface area contributed by atoms with E-state index < -0.39 is 0 Å². The summed E-state index contributed by atoms with van der Waals surface area (Å²) in [6.45, 7) is 3.32. The molecule has 0 aliphatic carbocycles. The smallest absolute Gasteiger partial charge is 0.254 e. The Morgan fingerprint density at radius 3 is 3.10 bits per heavy atom. The van der Waals surface area contributed by atoms with Crippen molar-refractivity contribution >= 4 is 17.5 Å². The van der Waals surface area contributed by atoms with E-state index in [1.54, 1.807) is 12.3 Å². The second kappa shape index (κ2) is 7.81. The van der Waals surface area contributed by atoms with Gasteiger partial charge in [0.2, 0.25) is 0 Å². The molecule has 0 saturated heterocycles. The number of rotatable bonds is 7. The molecule has 0 aliphatic heterocycles. The highest BCUT2D eigenvalue weighted by molar-refractivity contribution is 6.33. The average Bonchev–Trinajstić information content (AvgIpc) is 2.95. The van der Waals surface area contributed by atoms with Crippen molar-refractivity contribution in [1.29, 1.82) is 0 Å². The van der Waals surface area contributed by atoms with E-state index in [2.05, 4.69) is 10.3 Å². The van der Waals surface area contributed by atoms with E-state index >= 15 is 0 Å². The van der Waals surface area contributed by atoms with Crippen LogP contribution in [-0.4, -0.2) is 24.0 Å². The highest BCUT2D eigenvalue weighted by Crippen LogP contribution is 2.15. The van der Waals surface area contributed by atoms with Gasteiger partial charge in [0.25, 0.3) is 5.91 Å². The van der Waals surface area contributed by atoms with Crippen LogP contribution in [0.4, 0.5) is 0 Å². The van der Waals surface area contributed by atoms with Crippen LogP contribution < -0.4 is 5.32 Å². The number of aromatic nitrogens is 1. The normalized spacial score (nSPS) is 10.6. The lowest BCUT2D eigenvalue weighted by Gasteiger charge is -2.07. The number of pyridine rings is 1. The molecule has 112 valence electrons. The van der Waals surface area contributed by atoms with Crippen molar-refractivity contribution in [2.75, 3.05) is 13.2 Å². The number of ether oxygens (including phenoxy) is 1. The van der Waals surface area contributed by atoms with Crippen LogP contribution in [0.15, 0.2) is 35.1 Å². The molecule has 5 nitrogen and oxygen atoms in total. The van der Waals surface area contributed by atoms with Crippen LogP contribution >= 0.6 is 11.6 Å². The van der Waals surface area contributed by atoms with Crippen molar-refractivity contribution < 1.29 is 13.9 Å². The van der Waals surface area contributed by atoms with Gasteiger partial charge in [0.05, 0.1) is 16.8 Å². The lowest BCUT2D eigenvalue weighted by Crippen LogP contribution is -2.25. The minimum absolute atomic E-state index is 0.224. The van der Waals surface area contributed by atoms with Gasteiger partial charge in [0, 0.05) is 25.0 Å². The number of halogens is 1. The first-order valence-electron chi connectivity index (χ1n) is 6.67. The Morgan fingerprint density at radius 1 is 1.52 bits per heavy atom. The molecule has 0 saturated carbocycles. The van der Waals surface area contributed by atoms with Gasteiger partial charge in [-0.05, 0) is 31.5 Å². The SMILES string of the molecule is Cc1cc(Cl)c(C(=O)NCCCOCc2ccco2)cn1. The first kappa shape index (κ1) is 15.5. The van der Waals surface area contributed by atoms with Gasteiger partial charge in [-0.15, -0.1) is 0 Å². The Balaban J connectivity index is 1.65. The van der Waals surface area contributed by atoms with E-state index in [-0.39, 0.29) is 5.91 Å². The highest BCUT2D eigenvalue weighted by Gasteiger charge is 2.10. The van der Waals surface area contributed by atoms with E-state index in [1.807, 2.05) is 19.1 Å². The Hall–Kier alpha value is -1.85. The van der Waals surface area contributed by atoms with Crippen LogP contribution in [0.3, 0.4) is 0 Å². The monoisotopic (exact) mass is 308 g/mol. The van der Waals surface area contributed by atoms with Gasteiger partial charge in [-0.2, -0.15) is 0 Å². The molecule has 2 aromatic rings. The first-order valence-corrected chi connectivity index (χ1v) is 7.05. The number of furan rings is 1. The van der Waals surface area contributed by atoms with Crippen LogP contribution in [0.25, 0.3) is 0 Å². The molecule has 1 N–H and O–H groups in total. The number of carbonyl (C=O) groups excluding carboxylic acids is 1. The second-order valence-electron chi connectivity index (χ2n) is 4.55. The standard InChI is InChI=1S/C15H17ClN2O3/c1-11-8-14(16)13(9-18-11)15(19)17-5-3-6-20-10-12-4-2-7-21-12/h2,4,7-9H,3,5-6,10H2,1H3,(H,17,19). The molecule has 0 radical (unpaired) electrons. The minimum Gasteiger partial charge on any atom is -0.467 e. The zero-order chi connectivity index (χ0) is 15.1. The molecule has 0 fully saturated rings. The van der Waals surface area contributed by atoms with E-state index in [4.69, 9.17) is 20.8 Å². The summed E-state index contributed by atoms with van der Waals surface area (Å²) in [5, 5.41) is 3.20. The van der Waals surface area contributed by atoms with E-state index in [0.717, 1.165) is 11.5 Å². The van der Waals surface area contributed by atoms with Gasteiger partial charge in [-0.1, -0.05) is 11.6 Å². The van der Waals surface area contributed by atoms with E-state index in [9.17, 15) is 4.79 Å². The lowest BCUT2D eigenvalue weighted by molar-refractivity contribution is 0.0917. The molecular formula is C15H17ClN2O3. The maximum atomic E-state index is 11.9. The van der Waals surface area contributed by atoms with Crippen molar-refractivity contribution in [2.24, 2.45) is 0 Å². The number of aryl methyl sites for hydroxylation is 1. The fraction of sp³-hybridized carbons (Fsp3) is 0.333. The summed E-state index contributed by atoms with van der Waals surface area (Å²) in [6.07, 6.45) is 3.81. The zero-order valence-corrected chi connectivity index (χ0v) is 12.5. The number of nitrogens with one attached hydrogen (secondary N) is 1. The van der Waals surface area contributed by atoms with Gasteiger partial charge in [0.1, 0.15) is 12.4 Å². The minimum atomic E-state index is -0.224. The zero-order valence-electron chi connectivity index (χ0n) is 11.8. The highest BCUT2D eigenvalue weighted by atomic mass is 35.5.